The number of carbonyl (C=O) groups is 1. The summed E-state index contributed by atoms with van der Waals surface area (Å²) in [4.78, 5) is 14.6. The van der Waals surface area contributed by atoms with Gasteiger partial charge in [-0.3, -0.25) is 4.79 Å². The van der Waals surface area contributed by atoms with E-state index in [1.165, 1.54) is 38.5 Å². The van der Waals surface area contributed by atoms with Crippen LogP contribution in [0.15, 0.2) is 17.6 Å². The van der Waals surface area contributed by atoms with Gasteiger partial charge in [0.1, 0.15) is 0 Å². The van der Waals surface area contributed by atoms with E-state index >= 15 is 0 Å². The van der Waals surface area contributed by atoms with E-state index in [1.807, 2.05) is 31.2 Å². The average Bonchev–Trinajstić information content (AvgIpc) is 2.81. The Morgan fingerprint density at radius 1 is 1.15 bits per heavy atom. The largest absolute Gasteiger partial charge is 0.481 e. The molecule has 0 aliphatic heterocycles. The maximum Gasteiger partial charge on any atom is 0.303 e. The van der Waals surface area contributed by atoms with E-state index in [-0.39, 0.29) is 0 Å². The standard InChI is InChI=1S/C15H26N2O2S/c1-17-12-11-16-15(17)20-13-9-7-5-3-2-4-6-8-10-14(18)19/h11-12H,2-10,13H2,1H3,(H,18,19). The number of aryl methyl sites for hydroxylation is 1. The molecule has 114 valence electrons. The Morgan fingerprint density at radius 2 is 1.75 bits per heavy atom. The molecule has 0 spiro atoms. The summed E-state index contributed by atoms with van der Waals surface area (Å²) >= 11 is 1.83. The Labute approximate surface area is 126 Å². The molecule has 0 unspecified atom stereocenters. The van der Waals surface area contributed by atoms with Crippen molar-refractivity contribution < 1.29 is 9.90 Å². The van der Waals surface area contributed by atoms with Crippen molar-refractivity contribution in [1.29, 1.82) is 0 Å². The molecule has 0 aliphatic carbocycles. The lowest BCUT2D eigenvalue weighted by Crippen LogP contribution is -1.93. The van der Waals surface area contributed by atoms with Gasteiger partial charge in [0.25, 0.3) is 0 Å². The number of imidazole rings is 1. The van der Waals surface area contributed by atoms with Crippen LogP contribution in [0.5, 0.6) is 0 Å². The molecule has 0 fully saturated rings. The molecule has 0 atom stereocenters. The number of unbranched alkanes of at least 4 members (excludes halogenated alkanes) is 7. The minimum absolute atomic E-state index is 0.324. The lowest BCUT2D eigenvalue weighted by molar-refractivity contribution is -0.137. The van der Waals surface area contributed by atoms with Crippen LogP contribution in [0.2, 0.25) is 0 Å². The first-order valence-corrected chi connectivity index (χ1v) is 8.50. The molecule has 1 heterocycles. The zero-order valence-electron chi connectivity index (χ0n) is 12.4. The summed E-state index contributed by atoms with van der Waals surface area (Å²) in [5.74, 6) is 0.471. The second kappa shape index (κ2) is 10.8. The van der Waals surface area contributed by atoms with Gasteiger partial charge in [-0.15, -0.1) is 0 Å². The number of hydrogen-bond donors (Lipinski definition) is 1. The summed E-state index contributed by atoms with van der Waals surface area (Å²) in [6, 6.07) is 0. The number of nitrogens with zero attached hydrogens (tertiary/aromatic N) is 2. The highest BCUT2D eigenvalue weighted by Crippen LogP contribution is 2.17. The molecule has 1 aromatic rings. The number of hydrogen-bond acceptors (Lipinski definition) is 3. The first kappa shape index (κ1) is 17.1. The predicted molar refractivity (Wildman–Crippen MR) is 83.1 cm³/mol. The van der Waals surface area contributed by atoms with Crippen molar-refractivity contribution in [2.45, 2.75) is 62.9 Å². The number of thioether (sulfide) groups is 1. The zero-order chi connectivity index (χ0) is 14.6. The summed E-state index contributed by atoms with van der Waals surface area (Å²) in [5.41, 5.74) is 0. The fourth-order valence-corrected chi connectivity index (χ4v) is 3.02. The maximum absolute atomic E-state index is 10.3. The molecule has 1 rings (SSSR count). The van der Waals surface area contributed by atoms with Gasteiger partial charge in [0.2, 0.25) is 0 Å². The van der Waals surface area contributed by atoms with E-state index in [0.29, 0.717) is 6.42 Å². The maximum atomic E-state index is 10.3. The van der Waals surface area contributed by atoms with Gasteiger partial charge in [-0.2, -0.15) is 0 Å². The molecule has 0 bridgehead atoms. The fourth-order valence-electron chi connectivity index (χ4n) is 2.09. The van der Waals surface area contributed by atoms with Crippen LogP contribution in [0.3, 0.4) is 0 Å². The number of rotatable bonds is 12. The van der Waals surface area contributed by atoms with Crippen molar-refractivity contribution in [3.05, 3.63) is 12.4 Å². The quantitative estimate of drug-likeness (QED) is 0.466. The second-order valence-corrected chi connectivity index (χ2v) is 6.20. The number of carboxylic acid groups (broad SMARTS) is 1. The van der Waals surface area contributed by atoms with Crippen molar-refractivity contribution in [2.75, 3.05) is 5.75 Å². The van der Waals surface area contributed by atoms with Crippen LogP contribution in [0.25, 0.3) is 0 Å². The van der Waals surface area contributed by atoms with Crippen molar-refractivity contribution in [2.24, 2.45) is 7.05 Å². The normalized spacial score (nSPS) is 10.8. The lowest BCUT2D eigenvalue weighted by Gasteiger charge is -2.03. The van der Waals surface area contributed by atoms with Gasteiger partial charge in [-0.1, -0.05) is 50.3 Å². The van der Waals surface area contributed by atoms with E-state index in [4.69, 9.17) is 5.11 Å². The molecule has 0 saturated heterocycles. The number of aromatic nitrogens is 2. The summed E-state index contributed by atoms with van der Waals surface area (Å²) < 4.78 is 2.06. The van der Waals surface area contributed by atoms with Gasteiger partial charge in [0, 0.05) is 31.6 Å². The van der Waals surface area contributed by atoms with E-state index in [0.717, 1.165) is 23.8 Å². The van der Waals surface area contributed by atoms with Crippen molar-refractivity contribution >= 4 is 17.7 Å². The summed E-state index contributed by atoms with van der Waals surface area (Å²) in [7, 11) is 2.03. The van der Waals surface area contributed by atoms with Crippen LogP contribution in [0, 0.1) is 0 Å². The highest BCUT2D eigenvalue weighted by Gasteiger charge is 1.99. The third-order valence-electron chi connectivity index (χ3n) is 3.29. The van der Waals surface area contributed by atoms with Gasteiger partial charge in [0.15, 0.2) is 5.16 Å². The number of carboxylic acids is 1. The second-order valence-electron chi connectivity index (χ2n) is 5.14. The van der Waals surface area contributed by atoms with E-state index in [2.05, 4.69) is 9.55 Å². The van der Waals surface area contributed by atoms with Crippen LogP contribution in [0.4, 0.5) is 0 Å². The minimum Gasteiger partial charge on any atom is -0.481 e. The molecule has 0 aromatic carbocycles. The fraction of sp³-hybridized carbons (Fsp3) is 0.733. The van der Waals surface area contributed by atoms with Gasteiger partial charge >= 0.3 is 5.97 Å². The molecule has 1 N–H and O–H groups in total. The lowest BCUT2D eigenvalue weighted by atomic mass is 10.1. The first-order chi connectivity index (χ1) is 9.70. The Morgan fingerprint density at radius 3 is 2.30 bits per heavy atom. The summed E-state index contributed by atoms with van der Waals surface area (Å²) in [5, 5.41) is 9.61. The SMILES string of the molecule is Cn1ccnc1SCCCCCCCCCCC(=O)O. The van der Waals surface area contributed by atoms with Gasteiger partial charge in [-0.25, -0.2) is 4.98 Å². The molecule has 0 aliphatic rings. The highest BCUT2D eigenvalue weighted by molar-refractivity contribution is 7.99. The van der Waals surface area contributed by atoms with E-state index in [1.54, 1.807) is 0 Å². The van der Waals surface area contributed by atoms with Crippen molar-refractivity contribution in [3.8, 4) is 0 Å². The monoisotopic (exact) mass is 298 g/mol. The Kier molecular flexibility index (Phi) is 9.20. The highest BCUT2D eigenvalue weighted by atomic mass is 32.2. The minimum atomic E-state index is -0.671. The van der Waals surface area contributed by atoms with Crippen molar-refractivity contribution in [3.63, 3.8) is 0 Å². The molecule has 0 saturated carbocycles. The van der Waals surface area contributed by atoms with Crippen molar-refractivity contribution in [1.82, 2.24) is 9.55 Å². The number of aliphatic carboxylic acids is 1. The molecule has 1 aromatic heterocycles. The van der Waals surface area contributed by atoms with Crippen LogP contribution in [-0.2, 0) is 11.8 Å². The predicted octanol–water partition coefficient (Wildman–Crippen LogP) is 4.11. The third-order valence-corrected chi connectivity index (χ3v) is 4.44. The molecular formula is C15H26N2O2S. The summed E-state index contributed by atoms with van der Waals surface area (Å²) in [6.07, 6.45) is 13.5. The topological polar surface area (TPSA) is 55.1 Å². The van der Waals surface area contributed by atoms with Crippen LogP contribution in [0.1, 0.15) is 57.8 Å². The summed E-state index contributed by atoms with van der Waals surface area (Å²) in [6.45, 7) is 0. The first-order valence-electron chi connectivity index (χ1n) is 7.52. The average molecular weight is 298 g/mol. The Hall–Kier alpha value is -0.970. The van der Waals surface area contributed by atoms with Gasteiger partial charge in [-0.05, 0) is 12.8 Å². The molecule has 0 radical (unpaired) electrons. The molecule has 4 nitrogen and oxygen atoms in total. The molecule has 0 amide bonds. The van der Waals surface area contributed by atoms with Gasteiger partial charge < -0.3 is 9.67 Å². The van der Waals surface area contributed by atoms with Crippen LogP contribution in [-0.4, -0.2) is 26.4 Å². The molecule has 5 heteroatoms. The smallest absolute Gasteiger partial charge is 0.303 e. The van der Waals surface area contributed by atoms with E-state index in [9.17, 15) is 4.79 Å². The Bertz CT molecular complexity index is 380. The molecule has 20 heavy (non-hydrogen) atoms. The molecular weight excluding hydrogens is 272 g/mol. The third kappa shape index (κ3) is 8.25. The zero-order valence-corrected chi connectivity index (χ0v) is 13.2. The van der Waals surface area contributed by atoms with Crippen LogP contribution < -0.4 is 0 Å². The Balaban J connectivity index is 1.81. The van der Waals surface area contributed by atoms with E-state index < -0.39 is 5.97 Å². The van der Waals surface area contributed by atoms with Crippen LogP contribution >= 0.6 is 11.8 Å². The van der Waals surface area contributed by atoms with Gasteiger partial charge in [0.05, 0.1) is 0 Å².